The molecule has 0 bridgehead atoms. The van der Waals surface area contributed by atoms with Gasteiger partial charge in [0.05, 0.1) is 19.3 Å². The SMILES string of the molecule is C[C@@]12CCC(O)[C@H]1[C@@H]1CC[C@H]3CC4(CC[C@]3(C)[C@H]1CC2)OCCO4. The molecule has 1 saturated heterocycles. The fraction of sp³-hybridized carbons (Fsp3) is 1.00. The van der Waals surface area contributed by atoms with Crippen molar-refractivity contribution in [3.05, 3.63) is 0 Å². The Morgan fingerprint density at radius 1 is 0.875 bits per heavy atom. The van der Waals surface area contributed by atoms with Crippen LogP contribution >= 0.6 is 0 Å². The minimum Gasteiger partial charge on any atom is -0.393 e. The van der Waals surface area contributed by atoms with Crippen LogP contribution in [0.25, 0.3) is 0 Å². The molecule has 1 unspecified atom stereocenters. The summed E-state index contributed by atoms with van der Waals surface area (Å²) in [5.74, 6) is 2.62. The van der Waals surface area contributed by atoms with Crippen LogP contribution in [0, 0.1) is 34.5 Å². The number of aliphatic hydroxyl groups is 1. The number of hydrogen-bond donors (Lipinski definition) is 1. The maximum atomic E-state index is 10.7. The molecule has 136 valence electrons. The van der Waals surface area contributed by atoms with Gasteiger partial charge in [-0.2, -0.15) is 0 Å². The molecule has 4 saturated carbocycles. The van der Waals surface area contributed by atoms with Crippen molar-refractivity contribution in [2.45, 2.75) is 83.5 Å². The van der Waals surface area contributed by atoms with Gasteiger partial charge in [0.2, 0.25) is 0 Å². The summed E-state index contributed by atoms with van der Waals surface area (Å²) in [6.07, 6.45) is 11.0. The first-order chi connectivity index (χ1) is 11.5. The first-order valence-electron chi connectivity index (χ1n) is 10.4. The minimum atomic E-state index is -0.243. The van der Waals surface area contributed by atoms with Crippen LogP contribution in [-0.4, -0.2) is 30.2 Å². The quantitative estimate of drug-likeness (QED) is 0.724. The Morgan fingerprint density at radius 2 is 1.62 bits per heavy atom. The predicted octanol–water partition coefficient (Wildman–Crippen LogP) is 4.13. The van der Waals surface area contributed by atoms with Crippen molar-refractivity contribution >= 4 is 0 Å². The Labute approximate surface area is 146 Å². The standard InChI is InChI=1S/C21H34O3/c1-19-7-5-16-15(18(19)17(22)6-8-19)4-3-14-13-21(23-11-12-24-21)10-9-20(14,16)2/h14-18,22H,3-13H2,1-2H3/t14-,15+,16-,17?,18+,19+,20-/m0/s1. The normalized spacial score (nSPS) is 55.9. The van der Waals surface area contributed by atoms with Crippen LogP contribution < -0.4 is 0 Å². The molecule has 3 nitrogen and oxygen atoms in total. The Bertz CT molecular complexity index is 513. The van der Waals surface area contributed by atoms with Gasteiger partial charge in [-0.15, -0.1) is 0 Å². The largest absolute Gasteiger partial charge is 0.393 e. The molecule has 1 spiro atoms. The van der Waals surface area contributed by atoms with E-state index >= 15 is 0 Å². The van der Waals surface area contributed by atoms with E-state index in [-0.39, 0.29) is 11.9 Å². The summed E-state index contributed by atoms with van der Waals surface area (Å²) in [4.78, 5) is 0. The summed E-state index contributed by atoms with van der Waals surface area (Å²) in [5.41, 5.74) is 0.852. The van der Waals surface area contributed by atoms with Crippen LogP contribution in [0.15, 0.2) is 0 Å². The molecule has 5 fully saturated rings. The number of rotatable bonds is 0. The summed E-state index contributed by atoms with van der Waals surface area (Å²) in [7, 11) is 0. The van der Waals surface area contributed by atoms with E-state index in [4.69, 9.17) is 9.47 Å². The molecule has 5 aliphatic rings. The molecule has 5 rings (SSSR count). The van der Waals surface area contributed by atoms with Gasteiger partial charge in [-0.3, -0.25) is 0 Å². The minimum absolute atomic E-state index is 0.0422. The molecular formula is C21H34O3. The molecule has 7 atom stereocenters. The Hall–Kier alpha value is -0.120. The molecule has 24 heavy (non-hydrogen) atoms. The second-order valence-corrected chi connectivity index (χ2v) is 10.2. The van der Waals surface area contributed by atoms with Crippen molar-refractivity contribution in [2.75, 3.05) is 13.2 Å². The van der Waals surface area contributed by atoms with E-state index in [9.17, 15) is 5.11 Å². The molecule has 0 aromatic carbocycles. The maximum absolute atomic E-state index is 10.7. The molecule has 1 heterocycles. The van der Waals surface area contributed by atoms with Crippen molar-refractivity contribution in [3.63, 3.8) is 0 Å². The van der Waals surface area contributed by atoms with Gasteiger partial charge in [-0.1, -0.05) is 13.8 Å². The summed E-state index contributed by atoms with van der Waals surface area (Å²) in [6.45, 7) is 6.60. The van der Waals surface area contributed by atoms with Gasteiger partial charge in [0.1, 0.15) is 0 Å². The van der Waals surface area contributed by atoms with Crippen molar-refractivity contribution in [3.8, 4) is 0 Å². The van der Waals surface area contributed by atoms with E-state index in [0.717, 1.165) is 50.2 Å². The van der Waals surface area contributed by atoms with Crippen LogP contribution in [0.2, 0.25) is 0 Å². The van der Waals surface area contributed by atoms with Crippen molar-refractivity contribution in [1.82, 2.24) is 0 Å². The molecule has 0 amide bonds. The van der Waals surface area contributed by atoms with Gasteiger partial charge in [0.15, 0.2) is 5.79 Å². The third kappa shape index (κ3) is 2.07. The van der Waals surface area contributed by atoms with Crippen LogP contribution in [0.1, 0.15) is 71.6 Å². The second-order valence-electron chi connectivity index (χ2n) is 10.2. The lowest BCUT2D eigenvalue weighted by Gasteiger charge is -2.61. The third-order valence-electron chi connectivity index (χ3n) is 9.28. The molecule has 3 heteroatoms. The maximum Gasteiger partial charge on any atom is 0.168 e. The number of ether oxygens (including phenoxy) is 2. The third-order valence-corrected chi connectivity index (χ3v) is 9.28. The van der Waals surface area contributed by atoms with Gasteiger partial charge >= 0.3 is 0 Å². The van der Waals surface area contributed by atoms with Crippen molar-refractivity contribution < 1.29 is 14.6 Å². The molecule has 1 N–H and O–H groups in total. The van der Waals surface area contributed by atoms with Gasteiger partial charge in [-0.05, 0) is 79.4 Å². The molecule has 0 radical (unpaired) electrons. The van der Waals surface area contributed by atoms with E-state index in [1.54, 1.807) is 0 Å². The predicted molar refractivity (Wildman–Crippen MR) is 92.4 cm³/mol. The first-order valence-corrected chi connectivity index (χ1v) is 10.4. The van der Waals surface area contributed by atoms with E-state index in [1.807, 2.05) is 0 Å². The average molecular weight is 335 g/mol. The van der Waals surface area contributed by atoms with Crippen LogP contribution in [0.3, 0.4) is 0 Å². The fourth-order valence-electron chi connectivity index (χ4n) is 7.98. The number of fused-ring (bicyclic) bond motifs is 5. The van der Waals surface area contributed by atoms with E-state index in [2.05, 4.69) is 13.8 Å². The zero-order chi connectivity index (χ0) is 16.6. The lowest BCUT2D eigenvalue weighted by molar-refractivity contribution is -0.230. The van der Waals surface area contributed by atoms with E-state index in [1.165, 1.54) is 38.5 Å². The highest BCUT2D eigenvalue weighted by molar-refractivity contribution is 5.10. The highest BCUT2D eigenvalue weighted by Crippen LogP contribution is 2.67. The van der Waals surface area contributed by atoms with Crippen LogP contribution in [0.5, 0.6) is 0 Å². The molecule has 1 aliphatic heterocycles. The van der Waals surface area contributed by atoms with Crippen molar-refractivity contribution in [2.24, 2.45) is 34.5 Å². The van der Waals surface area contributed by atoms with Crippen LogP contribution in [-0.2, 0) is 9.47 Å². The molecule has 0 aromatic heterocycles. The fourth-order valence-corrected chi connectivity index (χ4v) is 7.98. The average Bonchev–Trinajstić information content (AvgIpc) is 3.13. The Kier molecular flexibility index (Phi) is 3.49. The summed E-state index contributed by atoms with van der Waals surface area (Å²) in [6, 6.07) is 0. The zero-order valence-electron chi connectivity index (χ0n) is 15.4. The van der Waals surface area contributed by atoms with E-state index in [0.29, 0.717) is 16.7 Å². The first kappa shape index (κ1) is 16.1. The summed E-state index contributed by atoms with van der Waals surface area (Å²) < 4.78 is 12.1. The lowest BCUT2D eigenvalue weighted by atomic mass is 9.45. The van der Waals surface area contributed by atoms with Gasteiger partial charge in [-0.25, -0.2) is 0 Å². The zero-order valence-corrected chi connectivity index (χ0v) is 15.4. The molecule has 0 aromatic rings. The van der Waals surface area contributed by atoms with Crippen molar-refractivity contribution in [1.29, 1.82) is 0 Å². The summed E-state index contributed by atoms with van der Waals surface area (Å²) in [5, 5.41) is 10.7. The van der Waals surface area contributed by atoms with E-state index < -0.39 is 0 Å². The van der Waals surface area contributed by atoms with Gasteiger partial charge in [0, 0.05) is 12.8 Å². The molecular weight excluding hydrogens is 300 g/mol. The summed E-state index contributed by atoms with van der Waals surface area (Å²) >= 11 is 0. The highest BCUT2D eigenvalue weighted by Gasteiger charge is 2.61. The Morgan fingerprint density at radius 3 is 2.42 bits per heavy atom. The highest BCUT2D eigenvalue weighted by atomic mass is 16.7. The van der Waals surface area contributed by atoms with Gasteiger partial charge < -0.3 is 14.6 Å². The molecule has 4 aliphatic carbocycles. The van der Waals surface area contributed by atoms with Gasteiger partial charge in [0.25, 0.3) is 0 Å². The second kappa shape index (κ2) is 5.20. The lowest BCUT2D eigenvalue weighted by Crippen LogP contribution is -2.56. The smallest absolute Gasteiger partial charge is 0.168 e. The van der Waals surface area contributed by atoms with Crippen LogP contribution in [0.4, 0.5) is 0 Å². The monoisotopic (exact) mass is 334 g/mol. The topological polar surface area (TPSA) is 38.7 Å². The Balaban J connectivity index is 1.42. The number of hydrogen-bond acceptors (Lipinski definition) is 3. The number of aliphatic hydroxyl groups excluding tert-OH is 1.